The first-order valence-corrected chi connectivity index (χ1v) is 8.72. The van der Waals surface area contributed by atoms with Crippen LogP contribution >= 0.6 is 0 Å². The van der Waals surface area contributed by atoms with Gasteiger partial charge in [0.1, 0.15) is 0 Å². The summed E-state index contributed by atoms with van der Waals surface area (Å²) in [5.41, 5.74) is 1.33. The van der Waals surface area contributed by atoms with Crippen molar-refractivity contribution in [3.05, 3.63) is 23.8 Å². The van der Waals surface area contributed by atoms with Gasteiger partial charge < -0.3 is 14.4 Å². The van der Waals surface area contributed by atoms with Crippen LogP contribution in [0.15, 0.2) is 18.2 Å². The van der Waals surface area contributed by atoms with E-state index in [1.807, 2.05) is 6.07 Å². The van der Waals surface area contributed by atoms with E-state index in [0.29, 0.717) is 6.79 Å². The van der Waals surface area contributed by atoms with Crippen molar-refractivity contribution >= 4 is 0 Å². The maximum atomic E-state index is 5.51. The number of ether oxygens (including phenoxy) is 2. The standard InChI is InChI=1S/C18H27N3O2/c1-19(2)9-10-20-7-5-16-15(20)6-8-21(16)12-14-3-4-17-18(11-14)23-13-22-17/h3-4,11,15-16H,5-10,12-13H2,1-2H3/t15-,16-/m1/s1. The first kappa shape index (κ1) is 15.2. The maximum Gasteiger partial charge on any atom is 0.231 e. The molecule has 0 radical (unpaired) electrons. The molecule has 2 atom stereocenters. The molecule has 2 fully saturated rings. The number of fused-ring (bicyclic) bond motifs is 2. The Labute approximate surface area is 138 Å². The Morgan fingerprint density at radius 1 is 1.04 bits per heavy atom. The monoisotopic (exact) mass is 317 g/mol. The van der Waals surface area contributed by atoms with E-state index >= 15 is 0 Å². The van der Waals surface area contributed by atoms with Gasteiger partial charge in [-0.3, -0.25) is 9.80 Å². The lowest BCUT2D eigenvalue weighted by Crippen LogP contribution is -2.39. The molecule has 0 spiro atoms. The number of rotatable bonds is 5. The van der Waals surface area contributed by atoms with E-state index in [1.165, 1.54) is 38.0 Å². The molecule has 1 aromatic carbocycles. The largest absolute Gasteiger partial charge is 0.454 e. The van der Waals surface area contributed by atoms with Gasteiger partial charge in [-0.2, -0.15) is 0 Å². The molecule has 0 saturated carbocycles. The summed E-state index contributed by atoms with van der Waals surface area (Å²) in [5.74, 6) is 1.78. The third-order valence-electron chi connectivity index (χ3n) is 5.46. The van der Waals surface area contributed by atoms with Crippen molar-refractivity contribution in [1.29, 1.82) is 0 Å². The Kier molecular flexibility index (Phi) is 4.18. The molecule has 0 bridgehead atoms. The van der Waals surface area contributed by atoms with Crippen LogP contribution in [0.25, 0.3) is 0 Å². The Morgan fingerprint density at radius 3 is 2.61 bits per heavy atom. The fourth-order valence-corrected chi connectivity index (χ4v) is 4.24. The highest BCUT2D eigenvalue weighted by atomic mass is 16.7. The van der Waals surface area contributed by atoms with E-state index in [1.54, 1.807) is 0 Å². The van der Waals surface area contributed by atoms with Crippen molar-refractivity contribution in [2.45, 2.75) is 31.5 Å². The molecule has 1 aromatic rings. The van der Waals surface area contributed by atoms with Gasteiger partial charge in [0.05, 0.1) is 0 Å². The van der Waals surface area contributed by atoms with E-state index in [4.69, 9.17) is 9.47 Å². The van der Waals surface area contributed by atoms with Crippen LogP contribution in [0.3, 0.4) is 0 Å². The number of nitrogens with zero attached hydrogens (tertiary/aromatic N) is 3. The fourth-order valence-electron chi connectivity index (χ4n) is 4.24. The summed E-state index contributed by atoms with van der Waals surface area (Å²) in [7, 11) is 4.32. The highest BCUT2D eigenvalue weighted by Crippen LogP contribution is 2.35. The molecule has 3 aliphatic rings. The second-order valence-corrected chi connectivity index (χ2v) is 7.21. The summed E-state index contributed by atoms with van der Waals surface area (Å²) in [6.07, 6.45) is 2.62. The molecular weight excluding hydrogens is 290 g/mol. The molecule has 0 N–H and O–H groups in total. The van der Waals surface area contributed by atoms with Crippen LogP contribution in [-0.4, -0.2) is 73.9 Å². The Morgan fingerprint density at radius 2 is 1.78 bits per heavy atom. The van der Waals surface area contributed by atoms with Crippen LogP contribution in [0.4, 0.5) is 0 Å². The van der Waals surface area contributed by atoms with Crippen molar-refractivity contribution in [2.75, 3.05) is 47.1 Å². The predicted octanol–water partition coefficient (Wildman–Crippen LogP) is 1.63. The zero-order valence-electron chi connectivity index (χ0n) is 14.2. The van der Waals surface area contributed by atoms with Crippen LogP contribution in [0, 0.1) is 0 Å². The van der Waals surface area contributed by atoms with Crippen LogP contribution < -0.4 is 9.47 Å². The molecular formula is C18H27N3O2. The van der Waals surface area contributed by atoms with Crippen molar-refractivity contribution < 1.29 is 9.47 Å². The quantitative estimate of drug-likeness (QED) is 0.823. The SMILES string of the molecule is CN(C)CCN1CC[C@@H]2[C@H]1CCN2Cc1ccc2c(c1)OCO2. The van der Waals surface area contributed by atoms with E-state index < -0.39 is 0 Å². The molecule has 23 heavy (non-hydrogen) atoms. The minimum absolute atomic E-state index is 0.355. The van der Waals surface area contributed by atoms with E-state index in [2.05, 4.69) is 40.9 Å². The lowest BCUT2D eigenvalue weighted by Gasteiger charge is -2.26. The molecule has 3 aliphatic heterocycles. The van der Waals surface area contributed by atoms with Crippen molar-refractivity contribution in [1.82, 2.24) is 14.7 Å². The smallest absolute Gasteiger partial charge is 0.231 e. The number of likely N-dealkylation sites (N-methyl/N-ethyl adjacent to an activating group) is 1. The molecule has 0 unspecified atom stereocenters. The van der Waals surface area contributed by atoms with Crippen molar-refractivity contribution in [3.8, 4) is 11.5 Å². The van der Waals surface area contributed by atoms with E-state index in [0.717, 1.165) is 36.7 Å². The zero-order chi connectivity index (χ0) is 15.8. The number of likely N-dealkylation sites (tertiary alicyclic amines) is 2. The van der Waals surface area contributed by atoms with Gasteiger partial charge in [0, 0.05) is 44.8 Å². The molecule has 0 amide bonds. The van der Waals surface area contributed by atoms with E-state index in [9.17, 15) is 0 Å². The Bertz CT molecular complexity index is 563. The van der Waals surface area contributed by atoms with Gasteiger partial charge in [0.25, 0.3) is 0 Å². The summed E-state index contributed by atoms with van der Waals surface area (Å²) in [5, 5.41) is 0. The Hall–Kier alpha value is -1.30. The average Bonchev–Trinajstić information content (AvgIpc) is 3.22. The summed E-state index contributed by atoms with van der Waals surface area (Å²) < 4.78 is 10.9. The summed E-state index contributed by atoms with van der Waals surface area (Å²) in [6, 6.07) is 7.85. The highest BCUT2D eigenvalue weighted by Gasteiger charge is 2.41. The first-order valence-electron chi connectivity index (χ1n) is 8.72. The third kappa shape index (κ3) is 3.05. The molecule has 0 aromatic heterocycles. The van der Waals surface area contributed by atoms with Gasteiger partial charge in [0.2, 0.25) is 6.79 Å². The van der Waals surface area contributed by atoms with E-state index in [-0.39, 0.29) is 0 Å². The molecule has 126 valence electrons. The lowest BCUT2D eigenvalue weighted by atomic mass is 10.1. The Balaban J connectivity index is 1.38. The molecule has 0 aliphatic carbocycles. The molecule has 2 saturated heterocycles. The van der Waals surface area contributed by atoms with Crippen LogP contribution in [0.1, 0.15) is 18.4 Å². The molecule has 5 nitrogen and oxygen atoms in total. The maximum absolute atomic E-state index is 5.51. The number of hydrogen-bond acceptors (Lipinski definition) is 5. The van der Waals surface area contributed by atoms with Crippen LogP contribution in [0.5, 0.6) is 11.5 Å². The second kappa shape index (κ2) is 6.30. The first-order chi connectivity index (χ1) is 11.2. The minimum Gasteiger partial charge on any atom is -0.454 e. The normalized spacial score (nSPS) is 27.1. The van der Waals surface area contributed by atoms with Gasteiger partial charge >= 0.3 is 0 Å². The minimum atomic E-state index is 0.355. The number of hydrogen-bond donors (Lipinski definition) is 0. The van der Waals surface area contributed by atoms with Gasteiger partial charge in [-0.1, -0.05) is 6.07 Å². The van der Waals surface area contributed by atoms with Gasteiger partial charge in [-0.25, -0.2) is 0 Å². The topological polar surface area (TPSA) is 28.2 Å². The van der Waals surface area contributed by atoms with Gasteiger partial charge in [-0.05, 0) is 44.6 Å². The lowest BCUT2D eigenvalue weighted by molar-refractivity contribution is 0.174. The average molecular weight is 317 g/mol. The van der Waals surface area contributed by atoms with Gasteiger partial charge in [0.15, 0.2) is 11.5 Å². The fraction of sp³-hybridized carbons (Fsp3) is 0.667. The number of benzene rings is 1. The summed E-state index contributed by atoms with van der Waals surface area (Å²) >= 11 is 0. The van der Waals surface area contributed by atoms with Crippen LogP contribution in [0.2, 0.25) is 0 Å². The van der Waals surface area contributed by atoms with Crippen LogP contribution in [-0.2, 0) is 6.54 Å². The zero-order valence-corrected chi connectivity index (χ0v) is 14.2. The van der Waals surface area contributed by atoms with Crippen molar-refractivity contribution in [2.24, 2.45) is 0 Å². The highest BCUT2D eigenvalue weighted by molar-refractivity contribution is 5.44. The van der Waals surface area contributed by atoms with Crippen molar-refractivity contribution in [3.63, 3.8) is 0 Å². The predicted molar refractivity (Wildman–Crippen MR) is 89.9 cm³/mol. The molecule has 3 heterocycles. The summed E-state index contributed by atoms with van der Waals surface area (Å²) in [6.45, 7) is 6.20. The van der Waals surface area contributed by atoms with Gasteiger partial charge in [-0.15, -0.1) is 0 Å². The molecule has 5 heteroatoms. The second-order valence-electron chi connectivity index (χ2n) is 7.21. The summed E-state index contributed by atoms with van der Waals surface area (Å²) in [4.78, 5) is 7.65. The third-order valence-corrected chi connectivity index (χ3v) is 5.46. The molecule has 4 rings (SSSR count).